The molecule has 3 aliphatic heterocycles. The third-order valence-corrected chi connectivity index (χ3v) is 16.9. The van der Waals surface area contributed by atoms with Crippen LogP contribution in [-0.2, 0) is 32.8 Å². The number of carbonyl (C=O) groups excluding carboxylic acids is 1. The summed E-state index contributed by atoms with van der Waals surface area (Å²) in [5.41, 5.74) is 1.29. The van der Waals surface area contributed by atoms with Crippen LogP contribution in [0.1, 0.15) is 39.5 Å². The maximum Gasteiger partial charge on any atom is 0.459 e. The molecule has 0 spiro atoms. The van der Waals surface area contributed by atoms with Gasteiger partial charge >= 0.3 is 25.9 Å². The van der Waals surface area contributed by atoms with Gasteiger partial charge < -0.3 is 70.7 Å². The molecule has 0 saturated carbocycles. The van der Waals surface area contributed by atoms with E-state index in [0.29, 0.717) is 11.3 Å². The Hall–Kier alpha value is -6.31. The number of hydrogen-bond acceptors (Lipinski definition) is 26. The van der Waals surface area contributed by atoms with Crippen molar-refractivity contribution in [2.45, 2.75) is 105 Å². The van der Waals surface area contributed by atoms with Gasteiger partial charge in [-0.1, -0.05) is 18.2 Å². The minimum absolute atomic E-state index is 0.00925. The van der Waals surface area contributed by atoms with Crippen molar-refractivity contribution >= 4 is 105 Å². The van der Waals surface area contributed by atoms with Gasteiger partial charge in [-0.2, -0.15) is 43.8 Å². The smallest absolute Gasteiger partial charge is 0.459 e. The van der Waals surface area contributed by atoms with Gasteiger partial charge in [-0.15, -0.1) is 34.8 Å². The van der Waals surface area contributed by atoms with E-state index in [2.05, 4.69) is 65.9 Å². The molecule has 14 atom stereocenters. The first kappa shape index (κ1) is 66.6. The molecular weight excluding hydrogens is 1250 g/mol. The Labute approximate surface area is 504 Å². The number of nitrogen functional groups attached to an aromatic ring is 1. The molecule has 476 valence electrons. The van der Waals surface area contributed by atoms with E-state index in [1.807, 2.05) is 0 Å². The number of fused-ring (bicyclic) bond motifs is 3. The van der Waals surface area contributed by atoms with Crippen LogP contribution in [0.5, 0.6) is 5.75 Å². The van der Waals surface area contributed by atoms with Crippen LogP contribution in [0.4, 0.5) is 45.4 Å². The van der Waals surface area contributed by atoms with Crippen LogP contribution in [0, 0.1) is 12.2 Å². The number of anilines is 4. The van der Waals surface area contributed by atoms with Crippen LogP contribution in [0.2, 0.25) is 0 Å². The Bertz CT molecular complexity index is 3450. The second-order valence-corrected chi connectivity index (χ2v) is 22.4. The number of halogens is 8. The summed E-state index contributed by atoms with van der Waals surface area (Å²) in [7, 11) is 0.254. The Morgan fingerprint density at radius 2 is 1.06 bits per heavy atom. The number of rotatable bonds is 20. The average Bonchev–Trinajstić information content (AvgIpc) is 1.69. The van der Waals surface area contributed by atoms with Gasteiger partial charge in [0.25, 0.3) is 0 Å². The first-order valence-electron chi connectivity index (χ1n) is 26.1. The number of esters is 1. The standard InChI is InChI=1S/C24H30ClF2N6O7P.C12H14ClF2N5O3.C12H16ClFN6O3/c1-13(2)38-22(35)14(3)32-41(36,40-15-8-6-5-7-9-15)37-11-24(10-25)18(34)16(26)21(39-24)33-12-29-17-19(28-4)30-23(27)31-20(17)33;2*1-16-8-6-9(19-11(15)18-8)20(4-17-6)10-5(14)7(22)12(2-13,3-21)23-10/h5-9,12-14,16,18,21,34H,10-11H2,1-4H3,(H,32,36)(H,28,30,31);4-5,7,10,21-22H,2-3H2,1H3,(H,16,18,19);4-5,7,10,21-22H,2-3H2,1H3,(H3,15,16,18,19)/t14-,16+,18-,21+,24+,41-;2*5-,7+,10-,12-/m011/s1. The van der Waals surface area contributed by atoms with E-state index in [1.165, 1.54) is 50.4 Å². The molecule has 11 N–H and O–H groups in total. The van der Waals surface area contributed by atoms with Gasteiger partial charge in [-0.3, -0.25) is 23.0 Å². The fourth-order valence-corrected chi connectivity index (χ4v) is 11.7. The van der Waals surface area contributed by atoms with Gasteiger partial charge in [0.2, 0.25) is 5.95 Å². The van der Waals surface area contributed by atoms with E-state index in [4.69, 9.17) is 68.5 Å². The molecule has 87 heavy (non-hydrogen) atoms. The van der Waals surface area contributed by atoms with Gasteiger partial charge in [-0.05, 0) is 32.9 Å². The van der Waals surface area contributed by atoms with Crippen molar-refractivity contribution < 1.29 is 84.8 Å². The van der Waals surface area contributed by atoms with Gasteiger partial charge in [-0.25, -0.2) is 32.7 Å². The van der Waals surface area contributed by atoms with E-state index >= 15 is 4.39 Å². The summed E-state index contributed by atoms with van der Waals surface area (Å²) >= 11 is 17.6. The number of alkyl halides is 6. The highest BCUT2D eigenvalue weighted by molar-refractivity contribution is 7.52. The molecule has 0 aliphatic carbocycles. The topological polar surface area (TPSA) is 396 Å². The van der Waals surface area contributed by atoms with Gasteiger partial charge in [0.1, 0.15) is 46.9 Å². The van der Waals surface area contributed by atoms with Crippen molar-refractivity contribution in [3.05, 3.63) is 61.5 Å². The molecule has 3 saturated heterocycles. The lowest BCUT2D eigenvalue weighted by atomic mass is 9.99. The monoisotopic (exact) mass is 1310 g/mol. The summed E-state index contributed by atoms with van der Waals surface area (Å²) in [6.07, 6.45) is -14.1. The first-order chi connectivity index (χ1) is 41.4. The molecule has 9 heterocycles. The molecule has 0 radical (unpaired) electrons. The van der Waals surface area contributed by atoms with Crippen LogP contribution < -0.4 is 31.3 Å². The van der Waals surface area contributed by atoms with Crippen molar-refractivity contribution in [3.8, 4) is 5.75 Å². The number of aromatic nitrogens is 12. The summed E-state index contributed by atoms with van der Waals surface area (Å²) in [4.78, 5) is 47.2. The van der Waals surface area contributed by atoms with Crippen LogP contribution in [-0.4, -0.2) is 214 Å². The number of nitrogens with zero attached hydrogens (tertiary/aromatic N) is 12. The molecule has 0 bridgehead atoms. The molecule has 10 rings (SSSR count). The van der Waals surface area contributed by atoms with E-state index in [-0.39, 0.29) is 63.1 Å². The Kier molecular flexibility index (Phi) is 20.8. The lowest BCUT2D eigenvalue weighted by molar-refractivity contribution is -0.149. The summed E-state index contributed by atoms with van der Waals surface area (Å²) in [6, 6.07) is 6.82. The van der Waals surface area contributed by atoms with E-state index < -0.39 is 136 Å². The van der Waals surface area contributed by atoms with E-state index in [9.17, 15) is 52.5 Å². The zero-order valence-electron chi connectivity index (χ0n) is 46.6. The molecule has 7 aromatic rings. The quantitative estimate of drug-likeness (QED) is 0.0172. The number of aliphatic hydroxyl groups is 5. The molecule has 6 aromatic heterocycles. The highest BCUT2D eigenvalue weighted by Gasteiger charge is 2.59. The fourth-order valence-electron chi connectivity index (χ4n) is 9.25. The first-order valence-corrected chi connectivity index (χ1v) is 29.2. The number of imidazole rings is 3. The zero-order chi connectivity index (χ0) is 63.5. The molecule has 0 unspecified atom stereocenters. The number of nitrogens with one attached hydrogen (secondary N) is 4. The molecule has 30 nitrogen and oxygen atoms in total. The Morgan fingerprint density at radius 3 is 1.44 bits per heavy atom. The molecule has 3 fully saturated rings. The molecule has 0 amide bonds. The largest absolute Gasteiger partial charge is 0.462 e. The zero-order valence-corrected chi connectivity index (χ0v) is 49.8. The highest BCUT2D eigenvalue weighted by Crippen LogP contribution is 2.49. The molecular formula is C48H60Cl3F5N17O13P. The summed E-state index contributed by atoms with van der Waals surface area (Å²) in [5, 5.41) is 60.5. The van der Waals surface area contributed by atoms with E-state index in [1.54, 1.807) is 39.1 Å². The SMILES string of the molecule is CNc1nc(F)nc2c1ncn2[C@@H]1O[C@@](CO)(CCl)[C@@H](O)[C@H]1F.CNc1nc(F)nc2c1ncn2[C@@H]1O[C@](CCl)(CO[P@@](=O)(N[C@@H](C)C(=O)OC(C)C)Oc2ccccc2)[C@@H](O)[C@H]1F.CNc1nc(N)nc2c1ncn2[C@@H]1O[C@@](CO)(CCl)[C@@H](O)[C@H]1F. The third kappa shape index (κ3) is 13.1. The van der Waals surface area contributed by atoms with Crippen molar-refractivity contribution in [2.75, 3.05) is 80.3 Å². The normalized spacial score (nSPS) is 28.0. The number of benzene rings is 1. The number of carbonyl (C=O) groups is 1. The lowest BCUT2D eigenvalue weighted by Gasteiger charge is -2.31. The number of aliphatic hydroxyl groups excluding tert-OH is 5. The molecule has 39 heteroatoms. The van der Waals surface area contributed by atoms with Gasteiger partial charge in [0.15, 0.2) is 88.1 Å². The average molecular weight is 1320 g/mol. The molecule has 1 aromatic carbocycles. The number of para-hydroxylation sites is 1. The minimum atomic E-state index is -4.41. The predicted octanol–water partition coefficient (Wildman–Crippen LogP) is 3.20. The van der Waals surface area contributed by atoms with Crippen molar-refractivity contribution in [1.82, 2.24) is 63.6 Å². The van der Waals surface area contributed by atoms with E-state index in [0.717, 1.165) is 15.5 Å². The predicted molar refractivity (Wildman–Crippen MR) is 301 cm³/mol. The van der Waals surface area contributed by atoms with Crippen LogP contribution in [0.15, 0.2) is 49.3 Å². The summed E-state index contributed by atoms with van der Waals surface area (Å²) < 4.78 is 123. The third-order valence-electron chi connectivity index (χ3n) is 13.9. The maximum atomic E-state index is 15.6. The van der Waals surface area contributed by atoms with Crippen LogP contribution >= 0.6 is 42.5 Å². The fraction of sp³-hybridized carbons (Fsp3) is 0.542. The Balaban J connectivity index is 0.000000182. The second kappa shape index (κ2) is 27.2. The minimum Gasteiger partial charge on any atom is -0.462 e. The number of nitrogens with two attached hydrogens (primary N) is 1. The lowest BCUT2D eigenvalue weighted by Crippen LogP contribution is -2.48. The number of hydrogen-bond donors (Lipinski definition) is 10. The Morgan fingerprint density at radius 1 is 0.667 bits per heavy atom. The van der Waals surface area contributed by atoms with Crippen molar-refractivity contribution in [2.24, 2.45) is 0 Å². The van der Waals surface area contributed by atoms with Crippen molar-refractivity contribution in [3.63, 3.8) is 0 Å². The van der Waals surface area contributed by atoms with Gasteiger partial charge in [0.05, 0.1) is 62.5 Å². The highest BCUT2D eigenvalue weighted by atomic mass is 35.5. The summed E-state index contributed by atoms with van der Waals surface area (Å²) in [6.45, 7) is 2.66. The summed E-state index contributed by atoms with van der Waals surface area (Å²) in [5.74, 6) is -1.15. The van der Waals surface area contributed by atoms with Crippen molar-refractivity contribution in [1.29, 1.82) is 0 Å². The maximum absolute atomic E-state index is 15.6. The van der Waals surface area contributed by atoms with Crippen LogP contribution in [0.3, 0.4) is 0 Å². The second-order valence-electron chi connectivity index (χ2n) is 20.0. The van der Waals surface area contributed by atoms with Crippen LogP contribution in [0.25, 0.3) is 33.5 Å². The number of ether oxygens (including phenoxy) is 4. The molecule has 3 aliphatic rings. The van der Waals surface area contributed by atoms with Gasteiger partial charge in [0, 0.05) is 21.1 Å².